The summed E-state index contributed by atoms with van der Waals surface area (Å²) in [6.07, 6.45) is 0. The second-order valence-electron chi connectivity index (χ2n) is 7.20. The van der Waals surface area contributed by atoms with Crippen LogP contribution in [0.15, 0.2) is 78.9 Å². The van der Waals surface area contributed by atoms with Crippen molar-refractivity contribution in [3.63, 3.8) is 0 Å². The molecule has 1 amide bonds. The molecule has 5 rings (SSSR count). The molecule has 1 aromatic heterocycles. The van der Waals surface area contributed by atoms with E-state index in [9.17, 15) is 9.18 Å². The summed E-state index contributed by atoms with van der Waals surface area (Å²) in [4.78, 5) is 12.6. The number of rotatable bonds is 5. The Balaban J connectivity index is 1.24. The number of nitrogens with one attached hydrogen (secondary N) is 1. The number of ether oxygens (including phenoxy) is 3. The number of anilines is 1. The molecule has 0 aliphatic carbocycles. The van der Waals surface area contributed by atoms with Gasteiger partial charge in [-0.05, 0) is 54.6 Å². The van der Waals surface area contributed by atoms with Crippen molar-refractivity contribution in [2.45, 2.75) is 0 Å². The van der Waals surface area contributed by atoms with Crippen LogP contribution >= 0.6 is 0 Å². The third-order valence-electron chi connectivity index (χ3n) is 4.92. The van der Waals surface area contributed by atoms with Gasteiger partial charge in [-0.15, -0.1) is 10.2 Å². The van der Waals surface area contributed by atoms with Gasteiger partial charge < -0.3 is 19.5 Å². The van der Waals surface area contributed by atoms with Gasteiger partial charge in [-0.3, -0.25) is 4.79 Å². The fourth-order valence-corrected chi connectivity index (χ4v) is 3.27. The molecule has 0 unspecified atom stereocenters. The van der Waals surface area contributed by atoms with Crippen LogP contribution < -0.4 is 19.5 Å². The Morgan fingerprint density at radius 2 is 1.61 bits per heavy atom. The zero-order valence-electron chi connectivity index (χ0n) is 17.3. The molecule has 0 saturated carbocycles. The van der Waals surface area contributed by atoms with Gasteiger partial charge in [0.2, 0.25) is 5.88 Å². The van der Waals surface area contributed by atoms with E-state index in [2.05, 4.69) is 15.5 Å². The molecule has 7 nitrogen and oxygen atoms in total. The molecular weight excluding hydrogens is 425 g/mol. The largest absolute Gasteiger partial charge is 0.486 e. The highest BCUT2D eigenvalue weighted by molar-refractivity contribution is 6.04. The Morgan fingerprint density at radius 3 is 2.33 bits per heavy atom. The van der Waals surface area contributed by atoms with E-state index in [1.165, 1.54) is 24.3 Å². The van der Waals surface area contributed by atoms with Gasteiger partial charge in [0, 0.05) is 28.9 Å². The molecule has 1 N–H and O–H groups in total. The lowest BCUT2D eigenvalue weighted by molar-refractivity contribution is 0.102. The van der Waals surface area contributed by atoms with Gasteiger partial charge in [-0.2, -0.15) is 0 Å². The van der Waals surface area contributed by atoms with Gasteiger partial charge >= 0.3 is 0 Å². The van der Waals surface area contributed by atoms with E-state index >= 15 is 0 Å². The highest BCUT2D eigenvalue weighted by atomic mass is 19.1. The summed E-state index contributed by atoms with van der Waals surface area (Å²) >= 11 is 0. The molecule has 0 radical (unpaired) electrons. The minimum Gasteiger partial charge on any atom is -0.486 e. The molecule has 0 fully saturated rings. The number of halogens is 1. The molecule has 0 atom stereocenters. The molecule has 1 aliphatic heterocycles. The van der Waals surface area contributed by atoms with Crippen molar-refractivity contribution in [2.24, 2.45) is 0 Å². The number of carbonyl (C=O) groups is 1. The summed E-state index contributed by atoms with van der Waals surface area (Å²) in [7, 11) is 0. The number of hydrogen-bond donors (Lipinski definition) is 1. The van der Waals surface area contributed by atoms with Gasteiger partial charge in [0.05, 0.1) is 5.69 Å². The van der Waals surface area contributed by atoms with E-state index in [4.69, 9.17) is 14.2 Å². The van der Waals surface area contributed by atoms with E-state index < -0.39 is 0 Å². The topological polar surface area (TPSA) is 82.6 Å². The van der Waals surface area contributed by atoms with Crippen molar-refractivity contribution in [3.05, 3.63) is 90.2 Å². The minimum absolute atomic E-state index is 0.243. The van der Waals surface area contributed by atoms with Gasteiger partial charge in [-0.1, -0.05) is 12.1 Å². The zero-order valence-corrected chi connectivity index (χ0v) is 17.3. The monoisotopic (exact) mass is 443 g/mol. The maximum absolute atomic E-state index is 13.0. The highest BCUT2D eigenvalue weighted by Crippen LogP contribution is 2.32. The molecule has 4 aromatic rings. The maximum atomic E-state index is 13.0. The van der Waals surface area contributed by atoms with E-state index in [-0.39, 0.29) is 11.7 Å². The van der Waals surface area contributed by atoms with Crippen LogP contribution in [0, 0.1) is 5.82 Å². The maximum Gasteiger partial charge on any atom is 0.255 e. The Labute approximate surface area is 188 Å². The Hall–Kier alpha value is -4.46. The molecule has 33 heavy (non-hydrogen) atoms. The summed E-state index contributed by atoms with van der Waals surface area (Å²) < 4.78 is 29.6. The highest BCUT2D eigenvalue weighted by Gasteiger charge is 2.14. The number of nitrogens with zero attached hydrogens (tertiary/aromatic N) is 2. The summed E-state index contributed by atoms with van der Waals surface area (Å²) in [6, 6.07) is 21.4. The first kappa shape index (κ1) is 20.4. The van der Waals surface area contributed by atoms with Gasteiger partial charge in [0.1, 0.15) is 24.8 Å². The normalized spacial score (nSPS) is 12.2. The van der Waals surface area contributed by atoms with Crippen molar-refractivity contribution < 1.29 is 23.4 Å². The summed E-state index contributed by atoms with van der Waals surface area (Å²) in [6.45, 7) is 0.994. The second-order valence-corrected chi connectivity index (χ2v) is 7.20. The fraction of sp³-hybridized carbons (Fsp3) is 0.0800. The van der Waals surface area contributed by atoms with Crippen LogP contribution in [0.2, 0.25) is 0 Å². The Kier molecular flexibility index (Phi) is 5.55. The van der Waals surface area contributed by atoms with E-state index in [0.717, 1.165) is 5.56 Å². The lowest BCUT2D eigenvalue weighted by Gasteiger charge is -2.19. The summed E-state index contributed by atoms with van der Waals surface area (Å²) in [5, 5.41) is 11.1. The van der Waals surface area contributed by atoms with Gasteiger partial charge in [0.15, 0.2) is 11.5 Å². The zero-order chi connectivity index (χ0) is 22.6. The first-order valence-electron chi connectivity index (χ1n) is 10.2. The van der Waals surface area contributed by atoms with E-state index in [1.807, 2.05) is 0 Å². The van der Waals surface area contributed by atoms with Gasteiger partial charge in [-0.25, -0.2) is 4.39 Å². The molecule has 2 heterocycles. The molecule has 0 bridgehead atoms. The first-order valence-corrected chi connectivity index (χ1v) is 10.2. The van der Waals surface area contributed by atoms with Crippen LogP contribution in [0.1, 0.15) is 10.4 Å². The van der Waals surface area contributed by atoms with Crippen LogP contribution in [-0.4, -0.2) is 29.3 Å². The van der Waals surface area contributed by atoms with Crippen LogP contribution in [0.5, 0.6) is 23.1 Å². The fourth-order valence-electron chi connectivity index (χ4n) is 3.27. The van der Waals surface area contributed by atoms with Gasteiger partial charge in [0.25, 0.3) is 5.91 Å². The predicted molar refractivity (Wildman–Crippen MR) is 119 cm³/mol. The molecular formula is C25H18FN3O4. The standard InChI is InChI=1S/C25H18FN3O4/c26-18-5-8-20(9-6-18)33-24-12-10-21(28-29-24)16-1-3-17(4-2-16)25(30)27-19-7-11-22-23(15-19)32-14-13-31-22/h1-12,15H,13-14H2,(H,27,30). The lowest BCUT2D eigenvalue weighted by Crippen LogP contribution is -2.16. The van der Waals surface area contributed by atoms with E-state index in [0.29, 0.717) is 53.3 Å². The van der Waals surface area contributed by atoms with Crippen LogP contribution in [0.4, 0.5) is 10.1 Å². The molecule has 8 heteroatoms. The third kappa shape index (κ3) is 4.74. The van der Waals surface area contributed by atoms with Crippen LogP contribution in [-0.2, 0) is 0 Å². The van der Waals surface area contributed by atoms with E-state index in [1.54, 1.807) is 54.6 Å². The molecule has 0 saturated heterocycles. The number of hydrogen-bond acceptors (Lipinski definition) is 6. The Morgan fingerprint density at radius 1 is 0.848 bits per heavy atom. The average molecular weight is 443 g/mol. The predicted octanol–water partition coefficient (Wildman–Crippen LogP) is 5.10. The molecule has 164 valence electrons. The third-order valence-corrected chi connectivity index (χ3v) is 4.92. The number of aromatic nitrogens is 2. The second kappa shape index (κ2) is 8.96. The van der Waals surface area contributed by atoms with Crippen LogP contribution in [0.25, 0.3) is 11.3 Å². The quantitative estimate of drug-likeness (QED) is 0.462. The average Bonchev–Trinajstić information content (AvgIpc) is 2.86. The van der Waals surface area contributed by atoms with Crippen molar-refractivity contribution in [1.82, 2.24) is 10.2 Å². The van der Waals surface area contributed by atoms with Crippen molar-refractivity contribution in [1.29, 1.82) is 0 Å². The smallest absolute Gasteiger partial charge is 0.255 e. The number of fused-ring (bicyclic) bond motifs is 1. The SMILES string of the molecule is O=C(Nc1ccc2c(c1)OCCO2)c1ccc(-c2ccc(Oc3ccc(F)cc3)nn2)cc1. The van der Waals surface area contributed by atoms with Crippen LogP contribution in [0.3, 0.4) is 0 Å². The van der Waals surface area contributed by atoms with Crippen molar-refractivity contribution >= 4 is 11.6 Å². The molecule has 3 aromatic carbocycles. The number of benzene rings is 3. The molecule has 0 spiro atoms. The Bertz CT molecular complexity index is 1280. The molecule has 1 aliphatic rings. The summed E-state index contributed by atoms with van der Waals surface area (Å²) in [5.74, 6) is 1.45. The lowest BCUT2D eigenvalue weighted by atomic mass is 10.1. The van der Waals surface area contributed by atoms with Crippen molar-refractivity contribution in [3.8, 4) is 34.4 Å². The first-order chi connectivity index (χ1) is 16.1. The number of amides is 1. The minimum atomic E-state index is -0.341. The summed E-state index contributed by atoms with van der Waals surface area (Å²) in [5.41, 5.74) is 2.54. The van der Waals surface area contributed by atoms with Crippen molar-refractivity contribution in [2.75, 3.05) is 18.5 Å². The number of carbonyl (C=O) groups excluding carboxylic acids is 1.